The molecule has 1 atom stereocenters. The van der Waals surface area contributed by atoms with Gasteiger partial charge in [0, 0.05) is 25.0 Å². The molecule has 1 aromatic rings. The van der Waals surface area contributed by atoms with Crippen LogP contribution in [0, 0.1) is 5.92 Å². The minimum absolute atomic E-state index is 0.0251. The number of sulfonamides is 1. The van der Waals surface area contributed by atoms with Crippen molar-refractivity contribution in [3.63, 3.8) is 0 Å². The normalized spacial score (nSPS) is 17.5. The molecule has 0 unspecified atom stereocenters. The molecule has 1 amide bonds. The van der Waals surface area contributed by atoms with Crippen LogP contribution < -0.4 is 10.1 Å². The molecule has 1 fully saturated rings. The van der Waals surface area contributed by atoms with E-state index in [9.17, 15) is 13.2 Å². The molecule has 2 rings (SSSR count). The number of benzene rings is 1. The van der Waals surface area contributed by atoms with Crippen molar-refractivity contribution in [2.24, 2.45) is 5.92 Å². The van der Waals surface area contributed by atoms with Crippen LogP contribution >= 0.6 is 11.6 Å². The number of carbonyl (C=O) groups is 1. The minimum Gasteiger partial charge on any atom is -0.492 e. The van der Waals surface area contributed by atoms with Crippen LogP contribution in [0.2, 0.25) is 5.02 Å². The van der Waals surface area contributed by atoms with E-state index in [2.05, 4.69) is 12.2 Å². The fourth-order valence-electron chi connectivity index (χ4n) is 3.29. The minimum atomic E-state index is -3.64. The van der Waals surface area contributed by atoms with E-state index in [1.165, 1.54) is 16.4 Å². The molecule has 0 aliphatic carbocycles. The van der Waals surface area contributed by atoms with Gasteiger partial charge in [0.05, 0.1) is 16.5 Å². The molecule has 8 heteroatoms. The van der Waals surface area contributed by atoms with Gasteiger partial charge in [-0.15, -0.1) is 0 Å². The molecule has 0 spiro atoms. The predicted molar refractivity (Wildman–Crippen MR) is 107 cm³/mol. The lowest BCUT2D eigenvalue weighted by atomic mass is 9.96. The molecule has 1 aliphatic rings. The number of nitrogens with zero attached hydrogens (tertiary/aromatic N) is 1. The standard InChI is InChI=1S/C19H29ClN2O4S/c1-4-6-14(3)21-19(23)15-9-11-22(12-10-15)27(24,25)16-7-8-18(26-5-2)17(20)13-16/h7-8,13-15H,4-6,9-12H2,1-3H3,(H,21,23)/t14-/m1/s1. The average Bonchev–Trinajstić information content (AvgIpc) is 2.63. The first-order valence-corrected chi connectivity index (χ1v) is 11.3. The summed E-state index contributed by atoms with van der Waals surface area (Å²) < 4.78 is 32.5. The fourth-order valence-corrected chi connectivity index (χ4v) is 5.08. The van der Waals surface area contributed by atoms with Crippen LogP contribution in [0.5, 0.6) is 5.75 Å². The number of nitrogens with one attached hydrogen (secondary N) is 1. The Balaban J connectivity index is 2.00. The molecule has 1 N–H and O–H groups in total. The third-order valence-electron chi connectivity index (χ3n) is 4.78. The van der Waals surface area contributed by atoms with Crippen LogP contribution in [0.4, 0.5) is 0 Å². The van der Waals surface area contributed by atoms with Gasteiger partial charge in [-0.3, -0.25) is 4.79 Å². The molecule has 6 nitrogen and oxygen atoms in total. The Morgan fingerprint density at radius 1 is 1.33 bits per heavy atom. The molecular weight excluding hydrogens is 388 g/mol. The molecule has 0 saturated carbocycles. The van der Waals surface area contributed by atoms with E-state index in [1.54, 1.807) is 6.07 Å². The van der Waals surface area contributed by atoms with Crippen molar-refractivity contribution in [1.82, 2.24) is 9.62 Å². The number of piperidine rings is 1. The molecular formula is C19H29ClN2O4S. The summed E-state index contributed by atoms with van der Waals surface area (Å²) in [6, 6.07) is 4.66. The second kappa shape index (κ2) is 9.75. The van der Waals surface area contributed by atoms with Crippen LogP contribution in [0.3, 0.4) is 0 Å². The SMILES string of the molecule is CCC[C@@H](C)NC(=O)C1CCN(S(=O)(=O)c2ccc(OCC)c(Cl)c2)CC1. The smallest absolute Gasteiger partial charge is 0.243 e. The maximum absolute atomic E-state index is 12.9. The lowest BCUT2D eigenvalue weighted by Gasteiger charge is -2.31. The lowest BCUT2D eigenvalue weighted by Crippen LogP contribution is -2.44. The summed E-state index contributed by atoms with van der Waals surface area (Å²) in [6.07, 6.45) is 3.00. The summed E-state index contributed by atoms with van der Waals surface area (Å²) in [5.41, 5.74) is 0. The van der Waals surface area contributed by atoms with Gasteiger partial charge in [0.15, 0.2) is 0 Å². The number of hydrogen-bond acceptors (Lipinski definition) is 4. The molecule has 152 valence electrons. The van der Waals surface area contributed by atoms with Crippen LogP contribution in [0.25, 0.3) is 0 Å². The van der Waals surface area contributed by atoms with E-state index in [0.29, 0.717) is 38.3 Å². The monoisotopic (exact) mass is 416 g/mol. The van der Waals surface area contributed by atoms with Crippen molar-refractivity contribution < 1.29 is 17.9 Å². The summed E-state index contributed by atoms with van der Waals surface area (Å²) in [6.45, 7) is 7.03. The van der Waals surface area contributed by atoms with Crippen molar-refractivity contribution >= 4 is 27.5 Å². The average molecular weight is 417 g/mol. The Bertz CT molecular complexity index is 746. The Labute approximate surface area is 167 Å². The summed E-state index contributed by atoms with van der Waals surface area (Å²) in [4.78, 5) is 12.5. The first-order chi connectivity index (χ1) is 12.8. The van der Waals surface area contributed by atoms with Crippen molar-refractivity contribution in [2.45, 2.75) is 57.4 Å². The van der Waals surface area contributed by atoms with Crippen molar-refractivity contribution in [3.8, 4) is 5.75 Å². The van der Waals surface area contributed by atoms with E-state index < -0.39 is 10.0 Å². The number of amides is 1. The largest absolute Gasteiger partial charge is 0.492 e. The number of hydrogen-bond donors (Lipinski definition) is 1. The quantitative estimate of drug-likeness (QED) is 0.704. The Morgan fingerprint density at radius 3 is 2.56 bits per heavy atom. The van der Waals surface area contributed by atoms with Gasteiger partial charge in [0.2, 0.25) is 15.9 Å². The number of carbonyl (C=O) groups excluding carboxylic acids is 1. The summed E-state index contributed by atoms with van der Waals surface area (Å²) in [5, 5.41) is 3.30. The molecule has 0 aromatic heterocycles. The second-order valence-corrected chi connectivity index (χ2v) is 9.25. The summed E-state index contributed by atoms with van der Waals surface area (Å²) in [5.74, 6) is 0.353. The highest BCUT2D eigenvalue weighted by atomic mass is 35.5. The number of ether oxygens (including phenoxy) is 1. The van der Waals surface area contributed by atoms with Crippen LogP contribution in [-0.2, 0) is 14.8 Å². The number of rotatable bonds is 8. The highest BCUT2D eigenvalue weighted by Crippen LogP contribution is 2.30. The van der Waals surface area contributed by atoms with Gasteiger partial charge in [-0.2, -0.15) is 4.31 Å². The highest BCUT2D eigenvalue weighted by molar-refractivity contribution is 7.89. The van der Waals surface area contributed by atoms with Gasteiger partial charge >= 0.3 is 0 Å². The van der Waals surface area contributed by atoms with Gasteiger partial charge in [-0.05, 0) is 51.3 Å². The molecule has 1 heterocycles. The summed E-state index contributed by atoms with van der Waals surface area (Å²) in [7, 11) is -3.64. The van der Waals surface area contributed by atoms with Gasteiger partial charge in [0.25, 0.3) is 0 Å². The predicted octanol–water partition coefficient (Wildman–Crippen LogP) is 3.44. The Hall–Kier alpha value is -1.31. The summed E-state index contributed by atoms with van der Waals surface area (Å²) >= 11 is 6.13. The molecule has 1 saturated heterocycles. The Kier molecular flexibility index (Phi) is 7.94. The first-order valence-electron chi connectivity index (χ1n) is 9.52. The van der Waals surface area contributed by atoms with E-state index in [4.69, 9.17) is 16.3 Å². The van der Waals surface area contributed by atoms with Crippen molar-refractivity contribution in [1.29, 1.82) is 0 Å². The maximum Gasteiger partial charge on any atom is 0.243 e. The van der Waals surface area contributed by atoms with Crippen LogP contribution in [0.1, 0.15) is 46.5 Å². The molecule has 1 aliphatic heterocycles. The zero-order valence-corrected chi connectivity index (χ0v) is 17.8. The third-order valence-corrected chi connectivity index (χ3v) is 6.97. The third kappa shape index (κ3) is 5.59. The molecule has 1 aromatic carbocycles. The lowest BCUT2D eigenvalue weighted by molar-refractivity contribution is -0.126. The van der Waals surface area contributed by atoms with E-state index in [0.717, 1.165) is 12.8 Å². The molecule has 0 bridgehead atoms. The molecule has 0 radical (unpaired) electrons. The highest BCUT2D eigenvalue weighted by Gasteiger charge is 2.32. The van der Waals surface area contributed by atoms with Gasteiger partial charge in [0.1, 0.15) is 5.75 Å². The molecule has 27 heavy (non-hydrogen) atoms. The van der Waals surface area contributed by atoms with Crippen molar-refractivity contribution in [3.05, 3.63) is 23.2 Å². The van der Waals surface area contributed by atoms with Gasteiger partial charge in [-0.25, -0.2) is 8.42 Å². The Morgan fingerprint density at radius 2 is 2.00 bits per heavy atom. The zero-order chi connectivity index (χ0) is 20.0. The second-order valence-electron chi connectivity index (χ2n) is 6.90. The zero-order valence-electron chi connectivity index (χ0n) is 16.2. The topological polar surface area (TPSA) is 75.7 Å². The first kappa shape index (κ1) is 22.0. The van der Waals surface area contributed by atoms with Gasteiger partial charge < -0.3 is 10.1 Å². The fraction of sp³-hybridized carbons (Fsp3) is 0.632. The maximum atomic E-state index is 12.9. The van der Waals surface area contributed by atoms with E-state index in [1.807, 2.05) is 13.8 Å². The van der Waals surface area contributed by atoms with Gasteiger partial charge in [-0.1, -0.05) is 24.9 Å². The van der Waals surface area contributed by atoms with Crippen LogP contribution in [-0.4, -0.2) is 44.4 Å². The van der Waals surface area contributed by atoms with Crippen LogP contribution in [0.15, 0.2) is 23.1 Å². The van der Waals surface area contributed by atoms with E-state index >= 15 is 0 Å². The van der Waals surface area contributed by atoms with Crippen molar-refractivity contribution in [2.75, 3.05) is 19.7 Å². The van der Waals surface area contributed by atoms with E-state index in [-0.39, 0.29) is 27.8 Å². The number of halogens is 1.